The van der Waals surface area contributed by atoms with Gasteiger partial charge in [0.1, 0.15) is 33.8 Å². The van der Waals surface area contributed by atoms with Gasteiger partial charge in [-0.2, -0.15) is 0 Å². The minimum Gasteiger partial charge on any atom is -0.496 e. The summed E-state index contributed by atoms with van der Waals surface area (Å²) in [5, 5.41) is 46.7. The second-order valence-electron chi connectivity index (χ2n) is 24.2. The van der Waals surface area contributed by atoms with Crippen LogP contribution < -0.4 is 29.6 Å². The van der Waals surface area contributed by atoms with Crippen LogP contribution >= 0.6 is 0 Å². The van der Waals surface area contributed by atoms with Crippen LogP contribution in [0.1, 0.15) is 198 Å². The summed E-state index contributed by atoms with van der Waals surface area (Å²) in [6, 6.07) is 13.4. The summed E-state index contributed by atoms with van der Waals surface area (Å²) in [5.74, 6) is -1.90. The molecule has 0 radical (unpaired) electrons. The molecule has 4 saturated carbocycles. The Morgan fingerprint density at radius 1 is 0.580 bits per heavy atom. The van der Waals surface area contributed by atoms with E-state index in [1.54, 1.807) is 0 Å². The van der Waals surface area contributed by atoms with E-state index in [-0.39, 0.29) is 84.3 Å². The van der Waals surface area contributed by atoms with Crippen LogP contribution in [0.4, 0.5) is 11.4 Å². The Labute approximate surface area is 475 Å². The van der Waals surface area contributed by atoms with Crippen molar-refractivity contribution in [3.8, 4) is 23.0 Å². The summed E-state index contributed by atoms with van der Waals surface area (Å²) in [6.07, 6.45) is 18.3. The van der Waals surface area contributed by atoms with E-state index in [2.05, 4.69) is 45.3 Å². The standard InChI is InChI=1S/C65H80N2O14/c1-35(2)12-10-13-36(3)49-20-21-50-44-19-18-42-28-37(24-26-64(42,4)51(44)25-27-65(49,50)5)14-11-15-43(40-31-47(62(74)75)56(80-8)52(33-40)66-58(68)38-16-22-54(78-6)45(29-38)60(70)71)41-32-48(63(76)77)57(81-9)53(34-41)67-59(69)39-17-23-55(79-7)46(30-39)61(72)73/h15-17,22-23,29-37,42,44,49-51H,10-14,18-21,24-28H2,1-9H3,(H,66,68)(H,67,69)(H,70,71)(H,72,73)(H,74,75)(H,76,77)/t36-,37+,42+,44+,49-,50+,51+,64+,65-/m1/s1. The van der Waals surface area contributed by atoms with Crippen molar-refractivity contribution < 1.29 is 68.1 Å². The van der Waals surface area contributed by atoms with Crippen molar-refractivity contribution >= 4 is 52.6 Å². The maximum Gasteiger partial charge on any atom is 0.339 e. The van der Waals surface area contributed by atoms with Crippen LogP contribution in [0.5, 0.6) is 23.0 Å². The number of rotatable bonds is 22. The van der Waals surface area contributed by atoms with Crippen LogP contribution in [0.25, 0.3) is 5.57 Å². The second-order valence-corrected chi connectivity index (χ2v) is 24.2. The predicted molar refractivity (Wildman–Crippen MR) is 309 cm³/mol. The highest BCUT2D eigenvalue weighted by Gasteiger charge is 2.60. The highest BCUT2D eigenvalue weighted by molar-refractivity contribution is 6.10. The average Bonchev–Trinajstić information content (AvgIpc) is 3.85. The largest absolute Gasteiger partial charge is 0.496 e. The third kappa shape index (κ3) is 12.2. The molecule has 4 aliphatic rings. The van der Waals surface area contributed by atoms with Gasteiger partial charge in [-0.15, -0.1) is 0 Å². The van der Waals surface area contributed by atoms with Gasteiger partial charge in [0.15, 0.2) is 11.5 Å². The molecular weight excluding hydrogens is 1030 g/mol. The Morgan fingerprint density at radius 3 is 1.56 bits per heavy atom. The first-order valence-electron chi connectivity index (χ1n) is 28.6. The molecule has 16 nitrogen and oxygen atoms in total. The number of methoxy groups -OCH3 is 4. The molecule has 9 atom stereocenters. The lowest BCUT2D eigenvalue weighted by Crippen LogP contribution is -2.53. The van der Waals surface area contributed by atoms with Crippen LogP contribution in [-0.2, 0) is 0 Å². The maximum absolute atomic E-state index is 14.0. The monoisotopic (exact) mass is 1110 g/mol. The zero-order valence-corrected chi connectivity index (χ0v) is 48.2. The second kappa shape index (κ2) is 24.8. The van der Waals surface area contributed by atoms with E-state index in [1.807, 2.05) is 6.08 Å². The minimum absolute atomic E-state index is 0.0209. The Morgan fingerprint density at radius 2 is 1.07 bits per heavy atom. The number of aromatic carboxylic acids is 4. The number of allylic oxidation sites excluding steroid dienone is 1. The molecule has 4 aliphatic carbocycles. The minimum atomic E-state index is -1.41. The van der Waals surface area contributed by atoms with E-state index in [0.717, 1.165) is 67.4 Å². The van der Waals surface area contributed by atoms with Crippen molar-refractivity contribution in [1.82, 2.24) is 0 Å². The summed E-state index contributed by atoms with van der Waals surface area (Å²) in [7, 11) is 5.09. The molecule has 0 aromatic heterocycles. The number of hydrogen-bond acceptors (Lipinski definition) is 10. The molecule has 0 aliphatic heterocycles. The van der Waals surface area contributed by atoms with Crippen LogP contribution in [-0.4, -0.2) is 84.6 Å². The van der Waals surface area contributed by atoms with Crippen molar-refractivity contribution in [2.24, 2.45) is 58.2 Å². The summed E-state index contributed by atoms with van der Waals surface area (Å²) in [4.78, 5) is 78.6. The van der Waals surface area contributed by atoms with E-state index < -0.39 is 35.7 Å². The number of hydrogen-bond donors (Lipinski definition) is 6. The third-order valence-corrected chi connectivity index (χ3v) is 19.4. The maximum atomic E-state index is 14.0. The van der Waals surface area contributed by atoms with E-state index in [9.17, 15) is 49.2 Å². The van der Waals surface area contributed by atoms with Crippen LogP contribution in [0.15, 0.2) is 66.7 Å². The number of benzene rings is 4. The average molecular weight is 1110 g/mol. The van der Waals surface area contributed by atoms with Gasteiger partial charge in [-0.3, -0.25) is 9.59 Å². The van der Waals surface area contributed by atoms with Gasteiger partial charge in [0.05, 0.1) is 39.8 Å². The van der Waals surface area contributed by atoms with Gasteiger partial charge in [-0.1, -0.05) is 60.0 Å². The molecule has 16 heteroatoms. The quantitative estimate of drug-likeness (QED) is 0.0429. The number of carbonyl (C=O) groups excluding carboxylic acids is 2. The summed E-state index contributed by atoms with van der Waals surface area (Å²) >= 11 is 0. The molecule has 0 heterocycles. The fraction of sp³-hybridized carbons (Fsp3) is 0.508. The van der Waals surface area contributed by atoms with Gasteiger partial charge in [0.25, 0.3) is 11.8 Å². The molecule has 4 fully saturated rings. The fourth-order valence-electron chi connectivity index (χ4n) is 15.4. The number of carbonyl (C=O) groups is 6. The van der Waals surface area contributed by atoms with Gasteiger partial charge >= 0.3 is 23.9 Å². The lowest BCUT2D eigenvalue weighted by Gasteiger charge is -2.61. The first-order valence-corrected chi connectivity index (χ1v) is 28.6. The molecule has 8 rings (SSSR count). The first-order chi connectivity index (χ1) is 38.6. The molecule has 0 saturated heterocycles. The Hall–Kier alpha value is -7.36. The first kappa shape index (κ1) is 59.8. The van der Waals surface area contributed by atoms with Crippen LogP contribution in [0.2, 0.25) is 0 Å². The van der Waals surface area contributed by atoms with Crippen molar-refractivity contribution in [2.75, 3.05) is 39.1 Å². The van der Waals surface area contributed by atoms with E-state index in [0.29, 0.717) is 35.2 Å². The van der Waals surface area contributed by atoms with Gasteiger partial charge in [0.2, 0.25) is 0 Å². The third-order valence-electron chi connectivity index (χ3n) is 19.4. The smallest absolute Gasteiger partial charge is 0.339 e. The molecule has 6 N–H and O–H groups in total. The molecule has 434 valence electrons. The molecule has 0 bridgehead atoms. The van der Waals surface area contributed by atoms with Gasteiger partial charge in [-0.05, 0) is 206 Å². The van der Waals surface area contributed by atoms with Crippen LogP contribution in [0, 0.1) is 58.2 Å². The molecule has 4 aromatic carbocycles. The zero-order valence-electron chi connectivity index (χ0n) is 48.2. The lowest BCUT2D eigenvalue weighted by molar-refractivity contribution is -0.121. The number of anilines is 2. The number of nitrogens with one attached hydrogen (secondary N) is 2. The topological polar surface area (TPSA) is 244 Å². The van der Waals surface area contributed by atoms with Gasteiger partial charge in [-0.25, -0.2) is 19.2 Å². The molecule has 2 amide bonds. The molecule has 0 unspecified atom stereocenters. The Balaban J connectivity index is 1.13. The normalized spacial score (nSPS) is 24.1. The van der Waals surface area contributed by atoms with Crippen molar-refractivity contribution in [1.29, 1.82) is 0 Å². The van der Waals surface area contributed by atoms with E-state index >= 15 is 0 Å². The number of fused-ring (bicyclic) bond motifs is 5. The van der Waals surface area contributed by atoms with Crippen molar-refractivity contribution in [3.63, 3.8) is 0 Å². The van der Waals surface area contributed by atoms with E-state index in [1.165, 1.54) is 135 Å². The molecule has 4 aromatic rings. The SMILES string of the molecule is COc1ccc(C(=O)Nc2cc(C(=CCC[C@H]3CC[C@@]4(C)[C@@H](CC[C@@H]5[C@@H]4CC[C@]4(C)[C@@H]([C@H](C)CCCC(C)C)CC[C@@H]54)C3)c3cc(NC(=O)c4ccc(OC)c(C(=O)O)c4)c(OC)c(C(=O)O)c3)cc(C(=O)O)c2OC)cc1C(=O)O. The Kier molecular flexibility index (Phi) is 18.3. The summed E-state index contributed by atoms with van der Waals surface area (Å²) < 4.78 is 21.6. The number of carboxylic acid groups (broad SMARTS) is 4. The molecule has 0 spiro atoms. The number of ether oxygens (including phenoxy) is 4. The van der Waals surface area contributed by atoms with Gasteiger partial charge < -0.3 is 50.0 Å². The number of carboxylic acids is 4. The van der Waals surface area contributed by atoms with Crippen LogP contribution in [0.3, 0.4) is 0 Å². The highest BCUT2D eigenvalue weighted by atomic mass is 16.5. The summed E-state index contributed by atoms with van der Waals surface area (Å²) in [5.41, 5.74) is -0.0547. The number of amides is 2. The summed E-state index contributed by atoms with van der Waals surface area (Å²) in [6.45, 7) is 12.4. The predicted octanol–water partition coefficient (Wildman–Crippen LogP) is 14.0. The molecule has 81 heavy (non-hydrogen) atoms. The van der Waals surface area contributed by atoms with Crippen molar-refractivity contribution in [3.05, 3.63) is 111 Å². The molecular formula is C65H80N2O14. The van der Waals surface area contributed by atoms with E-state index in [4.69, 9.17) is 18.9 Å². The van der Waals surface area contributed by atoms with Crippen molar-refractivity contribution in [2.45, 2.75) is 125 Å². The fourth-order valence-corrected chi connectivity index (χ4v) is 15.4. The highest BCUT2D eigenvalue weighted by Crippen LogP contribution is 2.69. The lowest BCUT2D eigenvalue weighted by atomic mass is 9.44. The van der Waals surface area contributed by atoms with Gasteiger partial charge in [0, 0.05) is 11.1 Å². The Bertz CT molecular complexity index is 2960. The zero-order chi connectivity index (χ0) is 58.7.